The third kappa shape index (κ3) is 2.88. The molecule has 1 aliphatic heterocycles. The van der Waals surface area contributed by atoms with E-state index in [4.69, 9.17) is 0 Å². The Kier molecular flexibility index (Phi) is 3.92. The van der Waals surface area contributed by atoms with Gasteiger partial charge in [-0.3, -0.25) is 5.01 Å². The SMILES string of the molecule is C=NN1C(=C)CN(C(=O)NC2CC(F)(F)C2)CC1CF. The molecule has 1 N–H and O–H groups in total. The monoisotopic (exact) mass is 290 g/mol. The second-order valence-corrected chi connectivity index (χ2v) is 5.15. The minimum absolute atomic E-state index is 0.115. The van der Waals surface area contributed by atoms with Crippen LogP contribution in [-0.4, -0.2) is 60.4 Å². The molecule has 0 aromatic heterocycles. The van der Waals surface area contributed by atoms with Gasteiger partial charge in [0.1, 0.15) is 6.67 Å². The summed E-state index contributed by atoms with van der Waals surface area (Å²) in [5, 5.41) is 7.54. The highest BCUT2D eigenvalue weighted by Crippen LogP contribution is 2.37. The molecule has 1 heterocycles. The third-order valence-electron chi connectivity index (χ3n) is 3.51. The Labute approximate surface area is 115 Å². The highest BCUT2D eigenvalue weighted by atomic mass is 19.3. The van der Waals surface area contributed by atoms with Crippen molar-refractivity contribution in [1.29, 1.82) is 0 Å². The van der Waals surface area contributed by atoms with Crippen LogP contribution in [-0.2, 0) is 0 Å². The first-order chi connectivity index (χ1) is 9.36. The fourth-order valence-electron chi connectivity index (χ4n) is 2.46. The summed E-state index contributed by atoms with van der Waals surface area (Å²) >= 11 is 0. The molecule has 1 saturated carbocycles. The molecule has 2 amide bonds. The van der Waals surface area contributed by atoms with Gasteiger partial charge in [-0.25, -0.2) is 18.0 Å². The van der Waals surface area contributed by atoms with E-state index in [-0.39, 0.29) is 25.9 Å². The molecule has 1 aliphatic carbocycles. The molecule has 0 spiro atoms. The number of hydrazone groups is 1. The summed E-state index contributed by atoms with van der Waals surface area (Å²) in [5.74, 6) is -2.69. The maximum Gasteiger partial charge on any atom is 0.318 e. The predicted molar refractivity (Wildman–Crippen MR) is 68.4 cm³/mol. The largest absolute Gasteiger partial charge is 0.335 e. The van der Waals surface area contributed by atoms with Gasteiger partial charge in [-0.15, -0.1) is 0 Å². The summed E-state index contributed by atoms with van der Waals surface area (Å²) in [5.41, 5.74) is 0.447. The molecule has 2 rings (SSSR count). The number of hydrogen-bond donors (Lipinski definition) is 1. The van der Waals surface area contributed by atoms with E-state index in [1.54, 1.807) is 0 Å². The summed E-state index contributed by atoms with van der Waals surface area (Å²) in [6.45, 7) is 6.63. The van der Waals surface area contributed by atoms with Crippen molar-refractivity contribution in [2.75, 3.05) is 19.8 Å². The maximum atomic E-state index is 12.9. The lowest BCUT2D eigenvalue weighted by Crippen LogP contribution is -2.58. The number of carbonyl (C=O) groups excluding carboxylic acids is 1. The van der Waals surface area contributed by atoms with E-state index >= 15 is 0 Å². The van der Waals surface area contributed by atoms with E-state index in [1.807, 2.05) is 0 Å². The number of nitrogens with one attached hydrogen (secondary N) is 1. The molecule has 0 aromatic carbocycles. The fraction of sp³-hybridized carbons (Fsp3) is 0.667. The zero-order valence-corrected chi connectivity index (χ0v) is 11.0. The van der Waals surface area contributed by atoms with Gasteiger partial charge >= 0.3 is 6.03 Å². The molecule has 0 aromatic rings. The molecule has 0 bridgehead atoms. The number of urea groups is 1. The molecule has 8 heteroatoms. The smallest absolute Gasteiger partial charge is 0.318 e. The first kappa shape index (κ1) is 14.7. The number of carbonyl (C=O) groups is 1. The van der Waals surface area contributed by atoms with Crippen LogP contribution in [0.1, 0.15) is 12.8 Å². The Morgan fingerprint density at radius 3 is 2.65 bits per heavy atom. The first-order valence-electron chi connectivity index (χ1n) is 6.29. The predicted octanol–water partition coefficient (Wildman–Crippen LogP) is 1.58. The Morgan fingerprint density at radius 2 is 2.15 bits per heavy atom. The van der Waals surface area contributed by atoms with E-state index in [0.29, 0.717) is 5.70 Å². The van der Waals surface area contributed by atoms with Crippen LogP contribution in [0.5, 0.6) is 0 Å². The number of alkyl halides is 3. The number of amides is 2. The van der Waals surface area contributed by atoms with Crippen molar-refractivity contribution < 1.29 is 18.0 Å². The zero-order valence-electron chi connectivity index (χ0n) is 11.0. The number of halogens is 3. The molecule has 20 heavy (non-hydrogen) atoms. The van der Waals surface area contributed by atoms with Crippen molar-refractivity contribution in [2.45, 2.75) is 30.8 Å². The lowest BCUT2D eigenvalue weighted by Gasteiger charge is -2.41. The second-order valence-electron chi connectivity index (χ2n) is 5.15. The number of piperazine rings is 1. The van der Waals surface area contributed by atoms with Crippen molar-refractivity contribution >= 4 is 12.7 Å². The Balaban J connectivity index is 1.91. The van der Waals surface area contributed by atoms with E-state index in [0.717, 1.165) is 0 Å². The van der Waals surface area contributed by atoms with Gasteiger partial charge in [0.25, 0.3) is 5.92 Å². The van der Waals surface area contributed by atoms with Crippen molar-refractivity contribution in [2.24, 2.45) is 5.10 Å². The molecule has 1 atom stereocenters. The fourth-order valence-corrected chi connectivity index (χ4v) is 2.46. The normalized spacial score (nSPS) is 26.1. The Hall–Kier alpha value is -1.73. The van der Waals surface area contributed by atoms with E-state index in [9.17, 15) is 18.0 Å². The van der Waals surface area contributed by atoms with Crippen LogP contribution in [0.15, 0.2) is 17.4 Å². The van der Waals surface area contributed by atoms with Crippen LogP contribution < -0.4 is 5.32 Å². The van der Waals surface area contributed by atoms with Crippen LogP contribution >= 0.6 is 0 Å². The average molecular weight is 290 g/mol. The van der Waals surface area contributed by atoms with Crippen LogP contribution in [0.2, 0.25) is 0 Å². The lowest BCUT2D eigenvalue weighted by atomic mass is 9.88. The minimum atomic E-state index is -2.69. The summed E-state index contributed by atoms with van der Waals surface area (Å²) in [4.78, 5) is 13.3. The number of hydrogen-bond acceptors (Lipinski definition) is 3. The van der Waals surface area contributed by atoms with Crippen LogP contribution in [0.3, 0.4) is 0 Å². The molecule has 1 unspecified atom stereocenters. The summed E-state index contributed by atoms with van der Waals surface area (Å²) in [6.07, 6.45) is -0.694. The summed E-state index contributed by atoms with van der Waals surface area (Å²) in [6, 6.07) is -1.64. The molecule has 2 aliphatic rings. The van der Waals surface area contributed by atoms with Gasteiger partial charge in [0.05, 0.1) is 12.6 Å². The third-order valence-corrected chi connectivity index (χ3v) is 3.51. The quantitative estimate of drug-likeness (QED) is 0.802. The van der Waals surface area contributed by atoms with E-state index in [1.165, 1.54) is 9.91 Å². The zero-order chi connectivity index (χ0) is 14.9. The molecular formula is C12H17F3N4O. The van der Waals surface area contributed by atoms with E-state index in [2.05, 4.69) is 23.7 Å². The summed E-state index contributed by atoms with van der Waals surface area (Å²) in [7, 11) is 0. The van der Waals surface area contributed by atoms with Crippen LogP contribution in [0.4, 0.5) is 18.0 Å². The Bertz CT molecular complexity index is 421. The second kappa shape index (κ2) is 5.34. The minimum Gasteiger partial charge on any atom is -0.335 e. The van der Waals surface area contributed by atoms with Crippen LogP contribution in [0.25, 0.3) is 0 Å². The van der Waals surface area contributed by atoms with Gasteiger partial charge in [-0.1, -0.05) is 6.58 Å². The Morgan fingerprint density at radius 1 is 1.50 bits per heavy atom. The van der Waals surface area contributed by atoms with E-state index < -0.39 is 30.7 Å². The molecule has 1 saturated heterocycles. The molecule has 5 nitrogen and oxygen atoms in total. The van der Waals surface area contributed by atoms with Gasteiger partial charge in [0.2, 0.25) is 0 Å². The molecular weight excluding hydrogens is 273 g/mol. The van der Waals surface area contributed by atoms with Gasteiger partial charge in [-0.2, -0.15) is 5.10 Å². The van der Waals surface area contributed by atoms with Gasteiger partial charge < -0.3 is 10.2 Å². The molecule has 112 valence electrons. The average Bonchev–Trinajstić information content (AvgIpc) is 2.35. The van der Waals surface area contributed by atoms with Gasteiger partial charge in [-0.05, 0) is 0 Å². The van der Waals surface area contributed by atoms with Gasteiger partial charge in [0.15, 0.2) is 0 Å². The van der Waals surface area contributed by atoms with Crippen molar-refractivity contribution in [3.05, 3.63) is 12.3 Å². The number of rotatable bonds is 3. The van der Waals surface area contributed by atoms with Crippen molar-refractivity contribution in [3.8, 4) is 0 Å². The standard InChI is InChI=1S/C12H17F3N4O/c1-8-6-18(7-10(5-13)19(8)16-2)11(20)17-9-3-12(14,15)4-9/h9-10H,1-7H2,(H,17,20). The maximum absolute atomic E-state index is 12.9. The first-order valence-corrected chi connectivity index (χ1v) is 6.29. The van der Waals surface area contributed by atoms with Crippen molar-refractivity contribution in [3.63, 3.8) is 0 Å². The number of nitrogens with zero attached hydrogens (tertiary/aromatic N) is 3. The van der Waals surface area contributed by atoms with Crippen LogP contribution in [0, 0.1) is 0 Å². The highest BCUT2D eigenvalue weighted by molar-refractivity contribution is 5.75. The van der Waals surface area contributed by atoms with Gasteiger partial charge in [0, 0.05) is 37.8 Å². The topological polar surface area (TPSA) is 47.9 Å². The highest BCUT2D eigenvalue weighted by Gasteiger charge is 2.46. The molecule has 2 fully saturated rings. The lowest BCUT2D eigenvalue weighted by molar-refractivity contribution is -0.0904. The van der Waals surface area contributed by atoms with Crippen molar-refractivity contribution in [1.82, 2.24) is 15.2 Å². The molecule has 0 radical (unpaired) electrons. The summed E-state index contributed by atoms with van der Waals surface area (Å²) < 4.78 is 38.3.